The fourth-order valence-corrected chi connectivity index (χ4v) is 5.81. The second-order valence-electron chi connectivity index (χ2n) is 12.6. The molecule has 230 valence electrons. The highest BCUT2D eigenvalue weighted by Gasteiger charge is 2.24. The van der Waals surface area contributed by atoms with E-state index in [2.05, 4.69) is 77.8 Å². The highest BCUT2D eigenvalue weighted by atomic mass is 16.2. The number of H-pyrrole nitrogens is 1. The van der Waals surface area contributed by atoms with Crippen molar-refractivity contribution in [1.82, 2.24) is 39.3 Å². The highest BCUT2D eigenvalue weighted by Crippen LogP contribution is 2.30. The van der Waals surface area contributed by atoms with Gasteiger partial charge in [-0.05, 0) is 50.9 Å². The van der Waals surface area contributed by atoms with Gasteiger partial charge in [-0.1, -0.05) is 107 Å². The third kappa shape index (κ3) is 6.26. The smallest absolute Gasteiger partial charge is 0.318 e. The zero-order chi connectivity index (χ0) is 31.6. The number of aromatic amines is 1. The Hall–Kier alpha value is -5.12. The monoisotopic (exact) mass is 602 g/mol. The predicted octanol–water partition coefficient (Wildman–Crippen LogP) is 5.50. The maximum absolute atomic E-state index is 14.0. The van der Waals surface area contributed by atoms with Crippen LogP contribution in [0.4, 0.5) is 0 Å². The quantitative estimate of drug-likeness (QED) is 0.222. The van der Waals surface area contributed by atoms with Gasteiger partial charge in [-0.15, -0.1) is 5.10 Å². The molecule has 0 atom stereocenters. The first-order valence-corrected chi connectivity index (χ1v) is 15.4. The molecule has 6 rings (SSSR count). The standard InChI is InChI=1S/C35H38N8O2/c1-5-20-42-33(44)30-32(41(34(42)45)21-19-24-11-7-6-8-12-24)36-29(22-35(2,3)4)43(30)23-25-15-17-26(18-16-25)27-13-9-10-14-28(27)31-37-39-40-38-31/h6-18H,5,19-23H2,1-4H3,(H,37,38,39,40). The second kappa shape index (κ2) is 12.5. The van der Waals surface area contributed by atoms with Crippen LogP contribution < -0.4 is 11.2 Å². The van der Waals surface area contributed by atoms with Crippen LogP contribution in [0.2, 0.25) is 0 Å². The number of rotatable bonds is 10. The van der Waals surface area contributed by atoms with Gasteiger partial charge in [-0.25, -0.2) is 14.9 Å². The number of imidazole rings is 1. The van der Waals surface area contributed by atoms with Gasteiger partial charge >= 0.3 is 5.69 Å². The molecule has 45 heavy (non-hydrogen) atoms. The summed E-state index contributed by atoms with van der Waals surface area (Å²) in [5.74, 6) is 1.40. The summed E-state index contributed by atoms with van der Waals surface area (Å²) in [5, 5.41) is 14.4. The first kappa shape index (κ1) is 29.9. The fraction of sp³-hybridized carbons (Fsp3) is 0.314. The van der Waals surface area contributed by atoms with Crippen molar-refractivity contribution in [2.24, 2.45) is 5.41 Å². The molecule has 0 saturated heterocycles. The Morgan fingerprint density at radius 1 is 0.778 bits per heavy atom. The lowest BCUT2D eigenvalue weighted by Crippen LogP contribution is -2.41. The van der Waals surface area contributed by atoms with E-state index < -0.39 is 0 Å². The number of nitrogens with zero attached hydrogens (tertiary/aromatic N) is 7. The van der Waals surface area contributed by atoms with E-state index in [0.29, 0.717) is 55.9 Å². The van der Waals surface area contributed by atoms with Gasteiger partial charge in [-0.2, -0.15) is 0 Å². The van der Waals surface area contributed by atoms with E-state index in [9.17, 15) is 9.59 Å². The first-order valence-electron chi connectivity index (χ1n) is 15.4. The second-order valence-corrected chi connectivity index (χ2v) is 12.6. The first-order chi connectivity index (χ1) is 21.7. The molecule has 0 bridgehead atoms. The van der Waals surface area contributed by atoms with Crippen molar-refractivity contribution in [2.45, 2.75) is 66.6 Å². The molecular formula is C35H38N8O2. The van der Waals surface area contributed by atoms with Gasteiger partial charge in [0.25, 0.3) is 5.56 Å². The summed E-state index contributed by atoms with van der Waals surface area (Å²) in [4.78, 5) is 32.8. The van der Waals surface area contributed by atoms with E-state index in [1.807, 2.05) is 54.0 Å². The average Bonchev–Trinajstić information content (AvgIpc) is 3.68. The Balaban J connectivity index is 1.44. The fourth-order valence-electron chi connectivity index (χ4n) is 5.81. The molecule has 0 fully saturated rings. The largest absolute Gasteiger partial charge is 0.332 e. The third-order valence-corrected chi connectivity index (χ3v) is 7.93. The normalized spacial score (nSPS) is 11.8. The van der Waals surface area contributed by atoms with Gasteiger partial charge < -0.3 is 4.57 Å². The lowest BCUT2D eigenvalue weighted by molar-refractivity contribution is 0.394. The van der Waals surface area contributed by atoms with Crippen LogP contribution in [0.3, 0.4) is 0 Å². The topological polar surface area (TPSA) is 116 Å². The van der Waals surface area contributed by atoms with Gasteiger partial charge in [0, 0.05) is 31.6 Å². The minimum atomic E-state index is -0.304. The molecule has 0 spiro atoms. The zero-order valence-corrected chi connectivity index (χ0v) is 26.2. The van der Waals surface area contributed by atoms with Crippen LogP contribution in [-0.2, 0) is 32.5 Å². The summed E-state index contributed by atoms with van der Waals surface area (Å²) >= 11 is 0. The van der Waals surface area contributed by atoms with E-state index in [4.69, 9.17) is 4.98 Å². The third-order valence-electron chi connectivity index (χ3n) is 7.93. The van der Waals surface area contributed by atoms with Gasteiger partial charge in [0.2, 0.25) is 0 Å². The van der Waals surface area contributed by atoms with Crippen LogP contribution in [0.15, 0.2) is 88.5 Å². The number of aryl methyl sites for hydroxylation is 2. The summed E-state index contributed by atoms with van der Waals surface area (Å²) in [7, 11) is 0. The molecule has 10 heteroatoms. The lowest BCUT2D eigenvalue weighted by atomic mass is 9.92. The van der Waals surface area contributed by atoms with Crippen molar-refractivity contribution in [1.29, 1.82) is 0 Å². The number of tetrazole rings is 1. The van der Waals surface area contributed by atoms with E-state index in [1.54, 1.807) is 4.57 Å². The maximum atomic E-state index is 14.0. The SMILES string of the molecule is CCCn1c(=O)c2c(nc(CC(C)(C)C)n2Cc2ccc(-c3ccccc3-c3nnn[nH]3)cc2)n(CCc2ccccc2)c1=O. The summed E-state index contributed by atoms with van der Waals surface area (Å²) in [5.41, 5.74) is 5.35. The molecule has 0 saturated carbocycles. The minimum Gasteiger partial charge on any atom is -0.318 e. The van der Waals surface area contributed by atoms with Crippen molar-refractivity contribution in [3.63, 3.8) is 0 Å². The Bertz CT molecular complexity index is 2030. The molecule has 6 aromatic rings. The van der Waals surface area contributed by atoms with Crippen molar-refractivity contribution in [2.75, 3.05) is 0 Å². The summed E-state index contributed by atoms with van der Waals surface area (Å²) in [6.07, 6.45) is 1.99. The van der Waals surface area contributed by atoms with E-state index >= 15 is 0 Å². The van der Waals surface area contributed by atoms with Gasteiger partial charge in [0.15, 0.2) is 17.0 Å². The summed E-state index contributed by atoms with van der Waals surface area (Å²) in [6, 6.07) is 26.4. The van der Waals surface area contributed by atoms with Gasteiger partial charge in [0.1, 0.15) is 5.82 Å². The van der Waals surface area contributed by atoms with E-state index in [-0.39, 0.29) is 16.7 Å². The number of nitrogens with one attached hydrogen (secondary N) is 1. The molecular weight excluding hydrogens is 564 g/mol. The van der Waals surface area contributed by atoms with E-state index in [0.717, 1.165) is 33.6 Å². The zero-order valence-electron chi connectivity index (χ0n) is 26.2. The number of aromatic nitrogens is 8. The van der Waals surface area contributed by atoms with Crippen LogP contribution in [0.5, 0.6) is 0 Å². The summed E-state index contributed by atoms with van der Waals surface area (Å²) < 4.78 is 5.10. The Morgan fingerprint density at radius 3 is 2.16 bits per heavy atom. The molecule has 0 aliphatic heterocycles. The van der Waals surface area contributed by atoms with Crippen LogP contribution >= 0.6 is 0 Å². The lowest BCUT2D eigenvalue weighted by Gasteiger charge is -2.19. The minimum absolute atomic E-state index is 0.0835. The molecule has 3 aromatic carbocycles. The molecule has 1 N–H and O–H groups in total. The van der Waals surface area contributed by atoms with Crippen molar-refractivity contribution in [3.8, 4) is 22.5 Å². The van der Waals surface area contributed by atoms with Crippen LogP contribution in [0.1, 0.15) is 51.1 Å². The van der Waals surface area contributed by atoms with Gasteiger partial charge in [-0.3, -0.25) is 13.9 Å². The molecule has 0 amide bonds. The number of benzene rings is 3. The summed E-state index contributed by atoms with van der Waals surface area (Å²) in [6.45, 7) is 9.69. The van der Waals surface area contributed by atoms with Crippen molar-refractivity contribution in [3.05, 3.63) is 117 Å². The molecule has 0 aliphatic carbocycles. The van der Waals surface area contributed by atoms with Gasteiger partial charge in [0.05, 0.1) is 0 Å². The molecule has 3 aromatic heterocycles. The molecule has 0 radical (unpaired) electrons. The number of hydrogen-bond donors (Lipinski definition) is 1. The van der Waals surface area contributed by atoms with Crippen LogP contribution in [0, 0.1) is 5.41 Å². The maximum Gasteiger partial charge on any atom is 0.332 e. The predicted molar refractivity (Wildman–Crippen MR) is 176 cm³/mol. The van der Waals surface area contributed by atoms with Crippen LogP contribution in [0.25, 0.3) is 33.7 Å². The number of hydrogen-bond acceptors (Lipinski definition) is 6. The molecule has 3 heterocycles. The Labute approximate surface area is 261 Å². The highest BCUT2D eigenvalue weighted by molar-refractivity contribution is 5.80. The van der Waals surface area contributed by atoms with Crippen molar-refractivity contribution < 1.29 is 0 Å². The molecule has 10 nitrogen and oxygen atoms in total. The number of fused-ring (bicyclic) bond motifs is 1. The van der Waals surface area contributed by atoms with Crippen LogP contribution in [-0.4, -0.2) is 39.3 Å². The van der Waals surface area contributed by atoms with E-state index in [1.165, 1.54) is 4.57 Å². The molecule has 0 aliphatic rings. The molecule has 0 unspecified atom stereocenters. The Morgan fingerprint density at radius 2 is 1.49 bits per heavy atom. The van der Waals surface area contributed by atoms with Crippen molar-refractivity contribution >= 4 is 11.2 Å². The average molecular weight is 603 g/mol. The Kier molecular flexibility index (Phi) is 8.30.